The highest BCUT2D eigenvalue weighted by atomic mass is 31.1. The van der Waals surface area contributed by atoms with E-state index in [2.05, 4.69) is 13.2 Å². The van der Waals surface area contributed by atoms with Gasteiger partial charge in [-0.3, -0.25) is 0 Å². The fourth-order valence-corrected chi connectivity index (χ4v) is 0. The van der Waals surface area contributed by atoms with Crippen LogP contribution in [0.1, 0.15) is 0 Å². The van der Waals surface area contributed by atoms with Crippen LogP contribution in [0.2, 0.25) is 0 Å². The Balaban J connectivity index is 0. The summed E-state index contributed by atoms with van der Waals surface area (Å²) in [4.78, 5) is 6.99. The molecule has 0 unspecified atom stereocenters. The summed E-state index contributed by atoms with van der Waals surface area (Å²) in [5.41, 5.74) is 0. The van der Waals surface area contributed by atoms with Gasteiger partial charge in [-0.15, -0.1) is 13.2 Å². The maximum atomic E-state index is 8.46. The summed E-state index contributed by atoms with van der Waals surface area (Å²) in [5, 5.41) is 0. The molecule has 0 saturated heterocycles. The number of hydrogen-bond acceptors (Lipinski definition) is 1. The predicted molar refractivity (Wildman–Crippen MR) is 21.1 cm³/mol. The van der Waals surface area contributed by atoms with Crippen molar-refractivity contribution in [3.05, 3.63) is 13.2 Å². The van der Waals surface area contributed by atoms with Crippen molar-refractivity contribution in [3.8, 4) is 0 Å². The fraction of sp³-hybridized carbons (Fsp3) is 0. The van der Waals surface area contributed by atoms with E-state index in [4.69, 9.17) is 9.46 Å². The SMILES string of the molecule is C=C.O=PO. The van der Waals surface area contributed by atoms with Crippen molar-refractivity contribution in [2.45, 2.75) is 0 Å². The Morgan fingerprint density at radius 3 is 1.60 bits per heavy atom. The summed E-state index contributed by atoms with van der Waals surface area (Å²) in [7, 11) is -0.833. The quantitative estimate of drug-likeness (QED) is 0.357. The standard InChI is InChI=1S/C2H4.HO2P/c1-2;1-3-2/h1-2H2;(H,1,2). The maximum Gasteiger partial charge on any atom is 0.324 e. The summed E-state index contributed by atoms with van der Waals surface area (Å²) < 4.78 is 8.46. The number of rotatable bonds is 0. The molecule has 0 aliphatic carbocycles. The predicted octanol–water partition coefficient (Wildman–Crippen LogP) is 0.988. The van der Waals surface area contributed by atoms with Gasteiger partial charge in [-0.2, -0.15) is 0 Å². The summed E-state index contributed by atoms with van der Waals surface area (Å²) >= 11 is 0. The van der Waals surface area contributed by atoms with Crippen molar-refractivity contribution in [2.75, 3.05) is 0 Å². The van der Waals surface area contributed by atoms with Crippen molar-refractivity contribution in [1.82, 2.24) is 0 Å². The van der Waals surface area contributed by atoms with E-state index < -0.39 is 8.69 Å². The van der Waals surface area contributed by atoms with Crippen molar-refractivity contribution in [2.24, 2.45) is 0 Å². The van der Waals surface area contributed by atoms with Gasteiger partial charge < -0.3 is 4.89 Å². The first kappa shape index (κ1) is 8.84. The Morgan fingerprint density at radius 1 is 1.60 bits per heavy atom. The lowest BCUT2D eigenvalue weighted by Gasteiger charge is -1.24. The molecular formula is C2H5O2P. The molecule has 0 atom stereocenters. The second kappa shape index (κ2) is 46.5. The van der Waals surface area contributed by atoms with Gasteiger partial charge in [0.25, 0.3) is 0 Å². The van der Waals surface area contributed by atoms with Crippen molar-refractivity contribution in [3.63, 3.8) is 0 Å². The fourth-order valence-electron chi connectivity index (χ4n) is 0. The first-order chi connectivity index (χ1) is 2.41. The summed E-state index contributed by atoms with van der Waals surface area (Å²) in [5.74, 6) is 0. The van der Waals surface area contributed by atoms with Gasteiger partial charge in [0.05, 0.1) is 0 Å². The van der Waals surface area contributed by atoms with E-state index in [0.717, 1.165) is 0 Å². The van der Waals surface area contributed by atoms with Gasteiger partial charge in [0.15, 0.2) is 0 Å². The molecule has 0 aromatic rings. The van der Waals surface area contributed by atoms with Crippen molar-refractivity contribution >= 4 is 8.69 Å². The lowest BCUT2D eigenvalue weighted by Crippen LogP contribution is -1.03. The molecule has 0 fully saturated rings. The topological polar surface area (TPSA) is 37.3 Å². The monoisotopic (exact) mass is 92.0 g/mol. The van der Waals surface area contributed by atoms with Crippen LogP contribution < -0.4 is 0 Å². The van der Waals surface area contributed by atoms with Gasteiger partial charge in [-0.25, -0.2) is 4.57 Å². The van der Waals surface area contributed by atoms with E-state index in [1.807, 2.05) is 0 Å². The zero-order chi connectivity index (χ0) is 4.71. The second-order valence-corrected chi connectivity index (χ2v) is 0.245. The van der Waals surface area contributed by atoms with Crippen LogP contribution in [-0.4, -0.2) is 4.89 Å². The molecule has 0 saturated carbocycles. The van der Waals surface area contributed by atoms with Gasteiger partial charge in [-0.1, -0.05) is 0 Å². The largest absolute Gasteiger partial charge is 0.324 e. The molecular weight excluding hydrogens is 87.0 g/mol. The van der Waals surface area contributed by atoms with Crippen LogP contribution >= 0.6 is 8.69 Å². The van der Waals surface area contributed by atoms with E-state index in [1.165, 1.54) is 0 Å². The van der Waals surface area contributed by atoms with E-state index >= 15 is 0 Å². The molecule has 0 radical (unpaired) electrons. The van der Waals surface area contributed by atoms with Crippen LogP contribution in [0.5, 0.6) is 0 Å². The van der Waals surface area contributed by atoms with Crippen molar-refractivity contribution < 1.29 is 9.46 Å². The third kappa shape index (κ3) is 308. The van der Waals surface area contributed by atoms with Gasteiger partial charge >= 0.3 is 8.69 Å². The van der Waals surface area contributed by atoms with E-state index in [9.17, 15) is 0 Å². The van der Waals surface area contributed by atoms with Gasteiger partial charge in [-0.05, 0) is 0 Å². The lowest BCUT2D eigenvalue weighted by molar-refractivity contribution is 0.524. The molecule has 3 heteroatoms. The van der Waals surface area contributed by atoms with Crippen LogP contribution in [0, 0.1) is 0 Å². The minimum atomic E-state index is -0.833. The highest BCUT2D eigenvalue weighted by molar-refractivity contribution is 7.16. The molecule has 30 valence electrons. The normalized spacial score (nSPS) is 5.00. The molecule has 0 aliphatic rings. The Labute approximate surface area is 32.4 Å². The van der Waals surface area contributed by atoms with Gasteiger partial charge in [0, 0.05) is 0 Å². The first-order valence-electron chi connectivity index (χ1n) is 0.883. The molecule has 0 heterocycles. The molecule has 0 amide bonds. The zero-order valence-electron chi connectivity index (χ0n) is 2.72. The van der Waals surface area contributed by atoms with Crippen LogP contribution in [-0.2, 0) is 4.57 Å². The van der Waals surface area contributed by atoms with E-state index in [0.29, 0.717) is 0 Å². The molecule has 0 spiro atoms. The molecule has 1 N–H and O–H groups in total. The zero-order valence-corrected chi connectivity index (χ0v) is 3.61. The van der Waals surface area contributed by atoms with Crippen LogP contribution in [0.3, 0.4) is 0 Å². The average Bonchev–Trinajstić information content (AvgIpc) is 1.46. The average molecular weight is 92.0 g/mol. The molecule has 0 bridgehead atoms. The van der Waals surface area contributed by atoms with Crippen LogP contribution in [0.25, 0.3) is 0 Å². The summed E-state index contributed by atoms with van der Waals surface area (Å²) in [6, 6.07) is 0. The van der Waals surface area contributed by atoms with Crippen molar-refractivity contribution in [1.29, 1.82) is 0 Å². The molecule has 0 aliphatic heterocycles. The Hall–Kier alpha value is -0.200. The Kier molecular flexibility index (Phi) is 82.3. The molecule has 0 rings (SSSR count). The summed E-state index contributed by atoms with van der Waals surface area (Å²) in [6.45, 7) is 6.00. The first-order valence-corrected chi connectivity index (χ1v) is 1.65. The molecule has 5 heavy (non-hydrogen) atoms. The Bertz CT molecular complexity index is 21.6. The van der Waals surface area contributed by atoms with Gasteiger partial charge in [0.2, 0.25) is 0 Å². The van der Waals surface area contributed by atoms with Gasteiger partial charge in [0.1, 0.15) is 0 Å². The Morgan fingerprint density at radius 2 is 1.60 bits per heavy atom. The van der Waals surface area contributed by atoms with Crippen LogP contribution in [0.15, 0.2) is 13.2 Å². The third-order valence-electron chi connectivity index (χ3n) is 0. The third-order valence-corrected chi connectivity index (χ3v) is 0. The molecule has 2 nitrogen and oxygen atoms in total. The highest BCUT2D eigenvalue weighted by Crippen LogP contribution is 1.66. The maximum absolute atomic E-state index is 8.46. The minimum absolute atomic E-state index is 0.833. The van der Waals surface area contributed by atoms with E-state index in [-0.39, 0.29) is 0 Å². The summed E-state index contributed by atoms with van der Waals surface area (Å²) in [6.07, 6.45) is 0. The minimum Gasteiger partial charge on any atom is -0.310 e. The molecule has 0 aromatic heterocycles. The highest BCUT2D eigenvalue weighted by Gasteiger charge is 1.28. The van der Waals surface area contributed by atoms with E-state index in [1.54, 1.807) is 0 Å². The second-order valence-electron chi connectivity index (χ2n) is 0.0816. The lowest BCUT2D eigenvalue weighted by atomic mass is 11.3. The smallest absolute Gasteiger partial charge is 0.310 e. The molecule has 0 aromatic carbocycles. The van der Waals surface area contributed by atoms with Crippen LogP contribution in [0.4, 0.5) is 0 Å². The number of hydrogen-bond donors (Lipinski definition) is 1.